The van der Waals surface area contributed by atoms with Crippen LogP contribution in [-0.4, -0.2) is 39.7 Å². The summed E-state index contributed by atoms with van der Waals surface area (Å²) in [6, 6.07) is 0.628. The predicted octanol–water partition coefficient (Wildman–Crippen LogP) is 9.66. The van der Waals surface area contributed by atoms with E-state index in [2.05, 4.69) is 33.7 Å². The van der Waals surface area contributed by atoms with Crippen molar-refractivity contribution in [2.45, 2.75) is 96.7 Å². The van der Waals surface area contributed by atoms with E-state index in [1.54, 1.807) is 52.8 Å². The van der Waals surface area contributed by atoms with E-state index in [1.807, 2.05) is 6.08 Å². The van der Waals surface area contributed by atoms with Crippen molar-refractivity contribution in [3.63, 3.8) is 0 Å². The molecule has 2 heterocycles. The van der Waals surface area contributed by atoms with Gasteiger partial charge >= 0.3 is 18.4 Å². The van der Waals surface area contributed by atoms with Crippen molar-refractivity contribution >= 4 is 11.8 Å². The normalized spacial score (nSPS) is 15.5. The summed E-state index contributed by atoms with van der Waals surface area (Å²) in [5.74, 6) is -1.66. The minimum Gasteiger partial charge on any atom is -0.444 e. The van der Waals surface area contributed by atoms with E-state index in [0.717, 1.165) is 6.42 Å². The Morgan fingerprint density at radius 3 is 2.30 bits per heavy atom. The second-order valence-corrected chi connectivity index (χ2v) is 12.9. The fourth-order valence-electron chi connectivity index (χ4n) is 4.87. The highest BCUT2D eigenvalue weighted by Crippen LogP contribution is 2.47. The zero-order valence-electron chi connectivity index (χ0n) is 27.1. The van der Waals surface area contributed by atoms with Gasteiger partial charge in [0, 0.05) is 0 Å². The third-order valence-electron chi connectivity index (χ3n) is 7.07. The third kappa shape index (κ3) is 9.78. The number of pyridine rings is 1. The van der Waals surface area contributed by atoms with Crippen molar-refractivity contribution in [1.82, 2.24) is 15.2 Å². The van der Waals surface area contributed by atoms with Gasteiger partial charge in [0.25, 0.3) is 11.8 Å². The predicted molar refractivity (Wildman–Crippen MR) is 164 cm³/mol. The Balaban J connectivity index is 2.24. The number of aromatic nitrogens is 3. The lowest BCUT2D eigenvalue weighted by Gasteiger charge is -2.32. The summed E-state index contributed by atoms with van der Waals surface area (Å²) in [5.41, 5.74) is -7.03. The molecule has 1 unspecified atom stereocenters. The lowest BCUT2D eigenvalue weighted by atomic mass is 9.83. The van der Waals surface area contributed by atoms with Crippen LogP contribution in [0.25, 0.3) is 11.6 Å². The Hall–Kier alpha value is -3.94. The molecule has 0 spiro atoms. The summed E-state index contributed by atoms with van der Waals surface area (Å²) in [7, 11) is 0. The van der Waals surface area contributed by atoms with Crippen LogP contribution in [0, 0.1) is 5.41 Å². The van der Waals surface area contributed by atoms with Gasteiger partial charge < -0.3 is 13.9 Å². The Kier molecular flexibility index (Phi) is 11.5. The van der Waals surface area contributed by atoms with Gasteiger partial charge in [0.05, 0.1) is 23.6 Å². The first-order valence-corrected chi connectivity index (χ1v) is 14.9. The summed E-state index contributed by atoms with van der Waals surface area (Å²) in [6.45, 7) is 14.8. The fraction of sp³-hybridized carbons (Fsp3) is 0.515. The minimum atomic E-state index is -5.07. The Morgan fingerprint density at radius 1 is 1.04 bits per heavy atom. The van der Waals surface area contributed by atoms with Gasteiger partial charge in [-0.1, -0.05) is 44.2 Å². The van der Waals surface area contributed by atoms with E-state index in [0.29, 0.717) is 24.5 Å². The molecule has 1 N–H and O–H groups in total. The molecular weight excluding hydrogens is 630 g/mol. The number of hydrogen-bond donors (Lipinski definition) is 1. The summed E-state index contributed by atoms with van der Waals surface area (Å²) in [4.78, 5) is 16.9. The molecule has 0 saturated carbocycles. The van der Waals surface area contributed by atoms with Crippen molar-refractivity contribution in [2.24, 2.45) is 5.41 Å². The number of nitrogens with one attached hydrogen (secondary N) is 1. The van der Waals surface area contributed by atoms with E-state index >= 15 is 0 Å². The number of carbonyl (C=O) groups excluding carboxylic acids is 1. The van der Waals surface area contributed by atoms with Crippen molar-refractivity contribution in [1.29, 1.82) is 0 Å². The lowest BCUT2D eigenvalue weighted by Crippen LogP contribution is -2.45. The lowest BCUT2D eigenvalue weighted by molar-refractivity contribution is -0.292. The number of hydrogen-bond acceptors (Lipinski definition) is 7. The molecule has 8 nitrogen and oxygen atoms in total. The molecule has 1 amide bonds. The van der Waals surface area contributed by atoms with Gasteiger partial charge in [0.1, 0.15) is 5.60 Å². The molecule has 0 radical (unpaired) electrons. The van der Waals surface area contributed by atoms with Crippen LogP contribution in [0.3, 0.4) is 0 Å². The number of rotatable bonds is 13. The molecule has 258 valence electrons. The molecule has 47 heavy (non-hydrogen) atoms. The highest BCUT2D eigenvalue weighted by molar-refractivity contribution is 5.89. The molecule has 2 aromatic rings. The van der Waals surface area contributed by atoms with Gasteiger partial charge in [-0.15, -0.1) is 23.4 Å². The van der Waals surface area contributed by atoms with Crippen LogP contribution in [0.1, 0.15) is 83.9 Å². The summed E-state index contributed by atoms with van der Waals surface area (Å²) in [5, 5.41) is 9.68. The number of anilines is 1. The Morgan fingerprint density at radius 2 is 1.74 bits per heavy atom. The van der Waals surface area contributed by atoms with Gasteiger partial charge in [-0.25, -0.2) is 9.78 Å². The monoisotopic (exact) mass is 670 g/mol. The summed E-state index contributed by atoms with van der Waals surface area (Å²) >= 11 is 0. The van der Waals surface area contributed by atoms with Crippen LogP contribution in [-0.2, 0) is 27.7 Å². The van der Waals surface area contributed by atoms with Crippen LogP contribution in [0.15, 0.2) is 59.6 Å². The number of carbonyl (C=O) groups is 1. The fourth-order valence-corrected chi connectivity index (χ4v) is 4.87. The average Bonchev–Trinajstić information content (AvgIpc) is 3.42. The number of ether oxygens (including phenoxy) is 2. The van der Waals surface area contributed by atoms with Crippen LogP contribution in [0.5, 0.6) is 0 Å². The number of halogens is 6. The molecule has 1 aliphatic carbocycles. The highest BCUT2D eigenvalue weighted by Gasteiger charge is 2.61. The third-order valence-corrected chi connectivity index (χ3v) is 7.07. The molecule has 1 aliphatic rings. The molecule has 2 aromatic heterocycles. The quantitative estimate of drug-likeness (QED) is 0.167. The molecule has 1 atom stereocenters. The topological polar surface area (TPSA) is 99.4 Å². The maximum Gasteiger partial charge on any atom is 0.426 e. The molecule has 0 bridgehead atoms. The molecule has 0 fully saturated rings. The van der Waals surface area contributed by atoms with E-state index < -0.39 is 82.5 Å². The molecule has 0 aromatic carbocycles. The summed E-state index contributed by atoms with van der Waals surface area (Å²) < 4.78 is 104. The number of amides is 1. The average molecular weight is 671 g/mol. The Labute approximate surface area is 270 Å². The van der Waals surface area contributed by atoms with Crippen molar-refractivity contribution in [3.8, 4) is 11.6 Å². The van der Waals surface area contributed by atoms with Crippen LogP contribution < -0.4 is 5.32 Å². The van der Waals surface area contributed by atoms with Gasteiger partial charge in [0.2, 0.25) is 5.60 Å². The van der Waals surface area contributed by atoms with E-state index in [1.165, 1.54) is 6.08 Å². The standard InChI is InChI=1S/C33H40F6N4O4/c1-8-10-17-31(33(37,38)39,45-20-21-14-12-11-13-15-21)27-43-42-26(46-27)25-23(41-28(44)47-29(3,4)5)18-22(32(34,35)36)24(40-25)19-30(6,7)16-9-2/h8-9,12,14-15,18H,1-2,10-11,13,16-17,19-20H2,3-7H3,(H,41,44). The Bertz CT molecular complexity index is 1500. The maximum absolute atomic E-state index is 14.9. The van der Waals surface area contributed by atoms with Gasteiger partial charge in [-0.2, -0.15) is 26.3 Å². The smallest absolute Gasteiger partial charge is 0.426 e. The number of alkyl halides is 6. The zero-order valence-corrected chi connectivity index (χ0v) is 27.1. The van der Waals surface area contributed by atoms with Crippen LogP contribution in [0.2, 0.25) is 0 Å². The summed E-state index contributed by atoms with van der Waals surface area (Å²) in [6.07, 6.45) is -2.42. The largest absolute Gasteiger partial charge is 0.444 e. The zero-order chi connectivity index (χ0) is 35.3. The first-order chi connectivity index (χ1) is 21.7. The van der Waals surface area contributed by atoms with Crippen molar-refractivity contribution in [3.05, 3.63) is 72.3 Å². The van der Waals surface area contributed by atoms with Crippen LogP contribution in [0.4, 0.5) is 36.8 Å². The van der Waals surface area contributed by atoms with E-state index in [9.17, 15) is 31.1 Å². The first-order valence-electron chi connectivity index (χ1n) is 14.9. The second kappa shape index (κ2) is 14.4. The second-order valence-electron chi connectivity index (χ2n) is 12.9. The molecule has 14 heteroatoms. The molecule has 3 rings (SSSR count). The van der Waals surface area contributed by atoms with Crippen molar-refractivity contribution in [2.75, 3.05) is 11.9 Å². The highest BCUT2D eigenvalue weighted by atomic mass is 19.4. The minimum absolute atomic E-state index is 0.154. The molecule has 0 aliphatic heterocycles. The van der Waals surface area contributed by atoms with E-state index in [4.69, 9.17) is 13.9 Å². The SMILES string of the molecule is C=CCCC(OCC1=CCCC=C1)(c1nnc(-c2nc(CC(C)(C)CC=C)c(C(F)(F)F)cc2NC(=O)OC(C)(C)C)o1)C(F)(F)F. The van der Waals surface area contributed by atoms with Crippen LogP contribution >= 0.6 is 0 Å². The van der Waals surface area contributed by atoms with Gasteiger partial charge in [-0.05, 0) is 76.4 Å². The number of allylic oxidation sites excluding steroid dienone is 4. The maximum atomic E-state index is 14.9. The van der Waals surface area contributed by atoms with E-state index in [-0.39, 0.29) is 12.8 Å². The van der Waals surface area contributed by atoms with Crippen molar-refractivity contribution < 1.29 is 45.0 Å². The molecule has 0 saturated heterocycles. The van der Waals surface area contributed by atoms with Gasteiger partial charge in [-0.3, -0.25) is 5.32 Å². The number of nitrogens with zero attached hydrogens (tertiary/aromatic N) is 3. The van der Waals surface area contributed by atoms with Gasteiger partial charge in [0.15, 0.2) is 5.69 Å². The molecular formula is C33H40F6N4O4. The first kappa shape index (κ1) is 37.5.